The van der Waals surface area contributed by atoms with Gasteiger partial charge in [-0.25, -0.2) is 4.79 Å². The van der Waals surface area contributed by atoms with Crippen LogP contribution in [0, 0.1) is 0 Å². The molecule has 1 fully saturated rings. The van der Waals surface area contributed by atoms with Crippen molar-refractivity contribution >= 4 is 5.97 Å². The molecule has 1 heterocycles. The van der Waals surface area contributed by atoms with Gasteiger partial charge in [0.05, 0.1) is 0 Å². The van der Waals surface area contributed by atoms with Crippen LogP contribution in [-0.2, 0) is 14.3 Å². The van der Waals surface area contributed by atoms with Crippen LogP contribution in [0.5, 0.6) is 0 Å². The third kappa shape index (κ3) is 1.48. The van der Waals surface area contributed by atoms with Crippen molar-refractivity contribution in [3.63, 3.8) is 0 Å². The zero-order chi connectivity index (χ0) is 9.14. The smallest absolute Gasteiger partial charge is 0.378 e. The maximum atomic E-state index is 11.0. The highest BCUT2D eigenvalue weighted by Gasteiger charge is 2.28. The second-order valence-electron chi connectivity index (χ2n) is 2.20. The lowest BCUT2D eigenvalue weighted by atomic mass is 10.3. The summed E-state index contributed by atoms with van der Waals surface area (Å²) >= 11 is 0. The van der Waals surface area contributed by atoms with E-state index in [9.17, 15) is 9.90 Å². The molecule has 0 aromatic carbocycles. The summed E-state index contributed by atoms with van der Waals surface area (Å²) in [5.74, 6) is -0.408. The molecule has 1 N–H and O–H groups in total. The zero-order valence-electron chi connectivity index (χ0n) is 6.90. The van der Waals surface area contributed by atoms with Gasteiger partial charge in [0.25, 0.3) is 6.29 Å². The summed E-state index contributed by atoms with van der Waals surface area (Å²) in [5.41, 5.74) is 0. The molecule has 0 aliphatic carbocycles. The number of carbonyl (C=O) groups excluding carboxylic acids is 1. The molecule has 66 valence electrons. The Morgan fingerprint density at radius 3 is 2.58 bits per heavy atom. The molecular weight excluding hydrogens is 160 g/mol. The summed E-state index contributed by atoms with van der Waals surface area (Å²) < 4.78 is 9.56. The first-order valence-electron chi connectivity index (χ1n) is 3.58. The molecule has 1 atom stereocenters. The summed E-state index contributed by atoms with van der Waals surface area (Å²) in [5, 5.41) is 9.18. The van der Waals surface area contributed by atoms with E-state index >= 15 is 0 Å². The topological polar surface area (TPSA) is 55.8 Å². The standard InChI is InChI=1S/C8H10O4/c1-3-5-7(9)12-6(4-2)8(10)11-5/h3-4,7,9H,1-2H3/b5-3-,6-4-. The molecule has 1 aliphatic heterocycles. The lowest BCUT2D eigenvalue weighted by Gasteiger charge is -2.22. The third-order valence-electron chi connectivity index (χ3n) is 1.44. The largest absolute Gasteiger partial charge is 0.450 e. The Balaban J connectivity index is 2.82. The number of allylic oxidation sites excluding steroid dienone is 2. The van der Waals surface area contributed by atoms with E-state index in [1.165, 1.54) is 12.2 Å². The number of carbonyl (C=O) groups is 1. The molecule has 4 heteroatoms. The van der Waals surface area contributed by atoms with E-state index in [0.29, 0.717) is 0 Å². The fourth-order valence-corrected chi connectivity index (χ4v) is 0.822. The number of hydrogen-bond donors (Lipinski definition) is 1. The molecule has 0 spiro atoms. The Morgan fingerprint density at radius 2 is 2.08 bits per heavy atom. The van der Waals surface area contributed by atoms with E-state index in [4.69, 9.17) is 9.47 Å². The second kappa shape index (κ2) is 3.40. The number of hydrogen-bond acceptors (Lipinski definition) is 4. The van der Waals surface area contributed by atoms with Crippen LogP contribution in [0.25, 0.3) is 0 Å². The maximum absolute atomic E-state index is 11.0. The molecule has 4 nitrogen and oxygen atoms in total. The van der Waals surface area contributed by atoms with Crippen molar-refractivity contribution in [2.24, 2.45) is 0 Å². The van der Waals surface area contributed by atoms with Crippen LogP contribution < -0.4 is 0 Å². The van der Waals surface area contributed by atoms with E-state index in [0.717, 1.165) is 0 Å². The highest BCUT2D eigenvalue weighted by molar-refractivity contribution is 5.87. The normalized spacial score (nSPS) is 30.2. The number of ether oxygens (including phenoxy) is 2. The fourth-order valence-electron chi connectivity index (χ4n) is 0.822. The van der Waals surface area contributed by atoms with Crippen molar-refractivity contribution in [1.82, 2.24) is 0 Å². The molecule has 0 aromatic heterocycles. The Morgan fingerprint density at radius 1 is 1.42 bits per heavy atom. The SMILES string of the molecule is C/C=C1\OC(O)/C(=C/C)OC1=O. The van der Waals surface area contributed by atoms with Gasteiger partial charge in [0, 0.05) is 0 Å². The molecule has 12 heavy (non-hydrogen) atoms. The zero-order valence-corrected chi connectivity index (χ0v) is 6.90. The Hall–Kier alpha value is -1.29. The highest BCUT2D eigenvalue weighted by Crippen LogP contribution is 2.19. The predicted molar refractivity (Wildman–Crippen MR) is 40.7 cm³/mol. The van der Waals surface area contributed by atoms with Gasteiger partial charge in [-0.05, 0) is 26.0 Å². The Kier molecular flexibility index (Phi) is 2.50. The van der Waals surface area contributed by atoms with Crippen LogP contribution in [-0.4, -0.2) is 17.4 Å². The van der Waals surface area contributed by atoms with Gasteiger partial charge in [-0.1, -0.05) is 0 Å². The first kappa shape index (κ1) is 8.80. The van der Waals surface area contributed by atoms with Crippen LogP contribution in [0.2, 0.25) is 0 Å². The molecule has 0 radical (unpaired) electrons. The minimum absolute atomic E-state index is 0.0353. The molecule has 0 amide bonds. The summed E-state index contributed by atoms with van der Waals surface area (Å²) in [6.45, 7) is 3.28. The predicted octanol–water partition coefficient (Wildman–Crippen LogP) is 0.686. The molecule has 1 unspecified atom stereocenters. The third-order valence-corrected chi connectivity index (χ3v) is 1.44. The summed E-state index contributed by atoms with van der Waals surface area (Å²) in [4.78, 5) is 11.0. The molecule has 1 aliphatic rings. The van der Waals surface area contributed by atoms with Crippen molar-refractivity contribution in [1.29, 1.82) is 0 Å². The van der Waals surface area contributed by atoms with E-state index in [-0.39, 0.29) is 11.5 Å². The molecule has 0 bridgehead atoms. The van der Waals surface area contributed by atoms with Crippen molar-refractivity contribution < 1.29 is 19.4 Å². The van der Waals surface area contributed by atoms with Gasteiger partial charge in [0.1, 0.15) is 0 Å². The lowest BCUT2D eigenvalue weighted by molar-refractivity contribution is -0.164. The van der Waals surface area contributed by atoms with Crippen molar-refractivity contribution in [2.45, 2.75) is 20.1 Å². The monoisotopic (exact) mass is 170 g/mol. The van der Waals surface area contributed by atoms with Crippen molar-refractivity contribution in [2.75, 3.05) is 0 Å². The van der Waals surface area contributed by atoms with Crippen LogP contribution in [0.15, 0.2) is 23.7 Å². The van der Waals surface area contributed by atoms with Gasteiger partial charge >= 0.3 is 5.97 Å². The van der Waals surface area contributed by atoms with Crippen LogP contribution >= 0.6 is 0 Å². The van der Waals surface area contributed by atoms with E-state index < -0.39 is 12.3 Å². The molecule has 1 rings (SSSR count). The van der Waals surface area contributed by atoms with Gasteiger partial charge in [-0.15, -0.1) is 0 Å². The van der Waals surface area contributed by atoms with Gasteiger partial charge in [-0.3, -0.25) is 0 Å². The number of aliphatic hydroxyl groups excluding tert-OH is 1. The highest BCUT2D eigenvalue weighted by atomic mass is 16.7. The Bertz CT molecular complexity index is 252. The fraction of sp³-hybridized carbons (Fsp3) is 0.375. The number of aliphatic hydroxyl groups is 1. The quantitative estimate of drug-likeness (QED) is 0.429. The van der Waals surface area contributed by atoms with Crippen LogP contribution in [0.1, 0.15) is 13.8 Å². The second-order valence-corrected chi connectivity index (χ2v) is 2.20. The minimum atomic E-state index is -1.17. The van der Waals surface area contributed by atoms with Gasteiger partial charge in [0.15, 0.2) is 5.76 Å². The molecular formula is C8H10O4. The van der Waals surface area contributed by atoms with Gasteiger partial charge in [0.2, 0.25) is 5.76 Å². The molecule has 0 aromatic rings. The average molecular weight is 170 g/mol. The van der Waals surface area contributed by atoms with E-state index in [1.807, 2.05) is 0 Å². The number of esters is 1. The number of rotatable bonds is 0. The van der Waals surface area contributed by atoms with Crippen molar-refractivity contribution in [3.05, 3.63) is 23.7 Å². The van der Waals surface area contributed by atoms with E-state index in [2.05, 4.69) is 0 Å². The van der Waals surface area contributed by atoms with Crippen LogP contribution in [0.3, 0.4) is 0 Å². The first-order chi connectivity index (χ1) is 5.69. The summed E-state index contributed by atoms with van der Waals surface area (Å²) in [7, 11) is 0. The van der Waals surface area contributed by atoms with Crippen LogP contribution in [0.4, 0.5) is 0 Å². The van der Waals surface area contributed by atoms with Gasteiger partial charge in [-0.2, -0.15) is 0 Å². The lowest BCUT2D eigenvalue weighted by Crippen LogP contribution is -2.28. The molecule has 0 saturated carbocycles. The maximum Gasteiger partial charge on any atom is 0.378 e. The molecule has 1 saturated heterocycles. The van der Waals surface area contributed by atoms with Gasteiger partial charge < -0.3 is 14.6 Å². The average Bonchev–Trinajstić information content (AvgIpc) is 2.08. The summed E-state index contributed by atoms with van der Waals surface area (Å²) in [6.07, 6.45) is 1.76. The minimum Gasteiger partial charge on any atom is -0.450 e. The number of cyclic esters (lactones) is 1. The Labute approximate surface area is 70.1 Å². The van der Waals surface area contributed by atoms with E-state index in [1.54, 1.807) is 13.8 Å². The first-order valence-corrected chi connectivity index (χ1v) is 3.58. The van der Waals surface area contributed by atoms with Crippen molar-refractivity contribution in [3.8, 4) is 0 Å². The summed E-state index contributed by atoms with van der Waals surface area (Å²) in [6, 6.07) is 0.